The van der Waals surface area contributed by atoms with Crippen LogP contribution in [0.25, 0.3) is 21.5 Å². The van der Waals surface area contributed by atoms with Gasteiger partial charge in [0.2, 0.25) is 0 Å². The van der Waals surface area contributed by atoms with Gasteiger partial charge < -0.3 is 11.1 Å². The lowest BCUT2D eigenvalue weighted by Crippen LogP contribution is -2.12. The smallest absolute Gasteiger partial charge is 0.397 e. The monoisotopic (exact) mass is 431 g/mol. The Morgan fingerprint density at radius 1 is 1.03 bits per heavy atom. The number of alkyl halides is 3. The molecule has 0 saturated heterocycles. The van der Waals surface area contributed by atoms with Crippen molar-refractivity contribution >= 4 is 38.8 Å². The number of thiophene rings is 1. The number of nitrogens with one attached hydrogen (secondary N) is 1. The fourth-order valence-electron chi connectivity index (χ4n) is 2.99. The molecule has 0 spiro atoms. The van der Waals surface area contributed by atoms with Crippen molar-refractivity contribution in [3.8, 4) is 11.3 Å². The van der Waals surface area contributed by atoms with Crippen molar-refractivity contribution in [1.29, 1.82) is 0 Å². The molecule has 0 aliphatic carbocycles. The number of amides is 1. The molecular weight excluding hydrogens is 418 g/mol. The highest BCUT2D eigenvalue weighted by molar-refractivity contribution is 7.21. The Labute approximate surface area is 172 Å². The van der Waals surface area contributed by atoms with Gasteiger partial charge in [0.15, 0.2) is 0 Å². The Hall–Kier alpha value is -3.46. The van der Waals surface area contributed by atoms with Crippen LogP contribution >= 0.6 is 11.3 Å². The molecular formula is C21H13F4N3OS. The summed E-state index contributed by atoms with van der Waals surface area (Å²) in [7, 11) is 0. The molecule has 0 aliphatic heterocycles. The molecule has 152 valence electrons. The van der Waals surface area contributed by atoms with Gasteiger partial charge in [-0.05, 0) is 30.3 Å². The van der Waals surface area contributed by atoms with Crippen LogP contribution in [0.1, 0.15) is 15.2 Å². The fourth-order valence-corrected chi connectivity index (χ4v) is 4.01. The predicted octanol–water partition coefficient (Wildman–Crippen LogP) is 5.96. The molecule has 0 fully saturated rings. The third kappa shape index (κ3) is 3.71. The van der Waals surface area contributed by atoms with E-state index >= 15 is 0 Å². The molecule has 4 aromatic rings. The zero-order chi connectivity index (χ0) is 21.5. The lowest BCUT2D eigenvalue weighted by Gasteiger charge is -2.11. The van der Waals surface area contributed by atoms with Gasteiger partial charge >= 0.3 is 6.18 Å². The Morgan fingerprint density at radius 3 is 2.33 bits per heavy atom. The van der Waals surface area contributed by atoms with Crippen LogP contribution in [-0.2, 0) is 6.18 Å². The quantitative estimate of drug-likeness (QED) is 0.394. The summed E-state index contributed by atoms with van der Waals surface area (Å²) < 4.78 is 54.4. The number of carbonyl (C=O) groups is 1. The fraction of sp³-hybridized carbons (Fsp3) is 0.0476. The number of nitrogens with zero attached hydrogens (tertiary/aromatic N) is 1. The number of halogens is 4. The number of rotatable bonds is 3. The van der Waals surface area contributed by atoms with E-state index in [0.29, 0.717) is 5.56 Å². The van der Waals surface area contributed by atoms with Gasteiger partial charge in [-0.15, -0.1) is 11.3 Å². The standard InChI is InChI=1S/C21H13F4N3OS/c22-12-6-8-13(9-7-12)27-19(29)18-17(26)16-14(21(23,24)25)10-15(28-20(16)30-18)11-4-2-1-3-5-11/h1-10H,26H2,(H,27,29). The van der Waals surface area contributed by atoms with E-state index in [1.165, 1.54) is 12.1 Å². The molecule has 30 heavy (non-hydrogen) atoms. The van der Waals surface area contributed by atoms with Crippen LogP contribution < -0.4 is 11.1 Å². The van der Waals surface area contributed by atoms with E-state index in [4.69, 9.17) is 5.73 Å². The van der Waals surface area contributed by atoms with E-state index in [1.807, 2.05) is 0 Å². The van der Waals surface area contributed by atoms with E-state index in [1.54, 1.807) is 30.3 Å². The highest BCUT2D eigenvalue weighted by atomic mass is 32.1. The van der Waals surface area contributed by atoms with Crippen molar-refractivity contribution in [2.45, 2.75) is 6.18 Å². The first kappa shape index (κ1) is 19.8. The third-order valence-corrected chi connectivity index (χ3v) is 5.48. The van der Waals surface area contributed by atoms with Crippen molar-refractivity contribution in [3.63, 3.8) is 0 Å². The molecule has 2 aromatic heterocycles. The number of fused-ring (bicyclic) bond motifs is 1. The van der Waals surface area contributed by atoms with E-state index in [-0.39, 0.29) is 32.2 Å². The molecule has 4 nitrogen and oxygen atoms in total. The van der Waals surface area contributed by atoms with E-state index < -0.39 is 23.5 Å². The van der Waals surface area contributed by atoms with Gasteiger partial charge in [-0.2, -0.15) is 13.2 Å². The van der Waals surface area contributed by atoms with Crippen LogP contribution in [-0.4, -0.2) is 10.9 Å². The van der Waals surface area contributed by atoms with Crippen molar-refractivity contribution in [3.05, 3.63) is 76.9 Å². The Bertz CT molecular complexity index is 1240. The zero-order valence-corrected chi connectivity index (χ0v) is 15.9. The molecule has 1 amide bonds. The highest BCUT2D eigenvalue weighted by Crippen LogP contribution is 2.43. The number of pyridine rings is 1. The second-order valence-corrected chi connectivity index (χ2v) is 7.40. The molecule has 0 saturated carbocycles. The number of hydrogen-bond donors (Lipinski definition) is 2. The number of aromatic nitrogens is 1. The summed E-state index contributed by atoms with van der Waals surface area (Å²) >= 11 is 0.771. The van der Waals surface area contributed by atoms with Gasteiger partial charge in [0.1, 0.15) is 15.5 Å². The highest BCUT2D eigenvalue weighted by Gasteiger charge is 2.36. The first-order chi connectivity index (χ1) is 14.2. The van der Waals surface area contributed by atoms with E-state index in [2.05, 4.69) is 10.3 Å². The average Bonchev–Trinajstić information content (AvgIpc) is 3.05. The van der Waals surface area contributed by atoms with E-state index in [9.17, 15) is 22.4 Å². The molecule has 0 bridgehead atoms. The number of nitrogen functional groups attached to an aromatic ring is 1. The second-order valence-electron chi connectivity index (χ2n) is 6.40. The maximum absolute atomic E-state index is 13.8. The molecule has 0 unspecified atom stereocenters. The van der Waals surface area contributed by atoms with Crippen LogP contribution in [0.3, 0.4) is 0 Å². The SMILES string of the molecule is Nc1c(C(=O)Nc2ccc(F)cc2)sc2nc(-c3ccccc3)cc(C(F)(F)F)c12. The van der Waals surface area contributed by atoms with Crippen LogP contribution in [0.5, 0.6) is 0 Å². The van der Waals surface area contributed by atoms with Crippen LogP contribution in [0.15, 0.2) is 60.7 Å². The number of nitrogens with two attached hydrogens (primary N) is 1. The van der Waals surface area contributed by atoms with Gasteiger partial charge in [0.25, 0.3) is 5.91 Å². The number of benzene rings is 2. The lowest BCUT2D eigenvalue weighted by molar-refractivity contribution is -0.136. The first-order valence-corrected chi connectivity index (χ1v) is 9.48. The molecule has 3 N–H and O–H groups in total. The summed E-state index contributed by atoms with van der Waals surface area (Å²) in [4.78, 5) is 16.8. The van der Waals surface area contributed by atoms with Crippen LogP contribution in [0.4, 0.5) is 28.9 Å². The minimum Gasteiger partial charge on any atom is -0.397 e. The molecule has 0 atom stereocenters. The van der Waals surface area contributed by atoms with Gasteiger partial charge in [-0.25, -0.2) is 9.37 Å². The molecule has 2 aromatic carbocycles. The van der Waals surface area contributed by atoms with Gasteiger partial charge in [-0.3, -0.25) is 4.79 Å². The molecule has 0 aliphatic rings. The number of hydrogen-bond acceptors (Lipinski definition) is 4. The normalized spacial score (nSPS) is 11.6. The van der Waals surface area contributed by atoms with Crippen LogP contribution in [0.2, 0.25) is 0 Å². The topological polar surface area (TPSA) is 68.0 Å². The van der Waals surface area contributed by atoms with Crippen molar-refractivity contribution < 1.29 is 22.4 Å². The van der Waals surface area contributed by atoms with Crippen molar-refractivity contribution in [1.82, 2.24) is 4.98 Å². The van der Waals surface area contributed by atoms with Gasteiger partial charge in [0.05, 0.1) is 16.9 Å². The molecule has 4 rings (SSSR count). The summed E-state index contributed by atoms with van der Waals surface area (Å²) in [6, 6.07) is 14.3. The first-order valence-electron chi connectivity index (χ1n) is 8.66. The Balaban J connectivity index is 1.84. The summed E-state index contributed by atoms with van der Waals surface area (Å²) in [5, 5.41) is 2.20. The third-order valence-electron chi connectivity index (χ3n) is 4.38. The maximum Gasteiger partial charge on any atom is 0.417 e. The number of anilines is 2. The average molecular weight is 431 g/mol. The lowest BCUT2D eigenvalue weighted by atomic mass is 10.1. The van der Waals surface area contributed by atoms with Gasteiger partial charge in [-0.1, -0.05) is 30.3 Å². The minimum atomic E-state index is -4.69. The Kier molecular flexibility index (Phi) is 4.90. The summed E-state index contributed by atoms with van der Waals surface area (Å²) in [6.45, 7) is 0. The Morgan fingerprint density at radius 2 is 1.70 bits per heavy atom. The molecule has 2 heterocycles. The summed E-state index contributed by atoms with van der Waals surface area (Å²) in [5.41, 5.74) is 5.62. The number of carbonyl (C=O) groups excluding carboxylic acids is 1. The van der Waals surface area contributed by atoms with E-state index in [0.717, 1.165) is 29.5 Å². The minimum absolute atomic E-state index is 0.00503. The van der Waals surface area contributed by atoms with Crippen LogP contribution in [0, 0.1) is 5.82 Å². The largest absolute Gasteiger partial charge is 0.417 e. The summed E-state index contributed by atoms with van der Waals surface area (Å²) in [6.07, 6.45) is -4.69. The molecule has 0 radical (unpaired) electrons. The summed E-state index contributed by atoms with van der Waals surface area (Å²) in [5.74, 6) is -1.18. The second kappa shape index (κ2) is 7.42. The zero-order valence-electron chi connectivity index (χ0n) is 15.1. The maximum atomic E-state index is 13.8. The van der Waals surface area contributed by atoms with Gasteiger partial charge in [0, 0.05) is 16.6 Å². The predicted molar refractivity (Wildman–Crippen MR) is 109 cm³/mol. The van der Waals surface area contributed by atoms with Crippen molar-refractivity contribution in [2.75, 3.05) is 11.1 Å². The molecule has 9 heteroatoms. The van der Waals surface area contributed by atoms with Crippen molar-refractivity contribution in [2.24, 2.45) is 0 Å².